The summed E-state index contributed by atoms with van der Waals surface area (Å²) in [5, 5.41) is 5.74. The van der Waals surface area contributed by atoms with Crippen LogP contribution in [0, 0.1) is 6.92 Å². The molecular formula is C21H32N6O6. The number of ether oxygens (including phenoxy) is 3. The van der Waals surface area contributed by atoms with Crippen LogP contribution in [-0.2, 0) is 23.9 Å². The van der Waals surface area contributed by atoms with Gasteiger partial charge in [-0.1, -0.05) is 0 Å². The van der Waals surface area contributed by atoms with Gasteiger partial charge in [0.15, 0.2) is 0 Å². The lowest BCUT2D eigenvalue weighted by Gasteiger charge is -2.24. The number of carbonyl (C=O) groups excluding carboxylic acids is 3. The smallest absolute Gasteiger partial charge is 0.321 e. The van der Waals surface area contributed by atoms with Gasteiger partial charge in [0.2, 0.25) is 11.9 Å². The predicted molar refractivity (Wildman–Crippen MR) is 119 cm³/mol. The molecule has 0 unspecified atom stereocenters. The number of hydrogen-bond acceptors (Lipinski definition) is 10. The van der Waals surface area contributed by atoms with Gasteiger partial charge in [0.1, 0.15) is 19.0 Å². The highest BCUT2D eigenvalue weighted by atomic mass is 16.5. The highest BCUT2D eigenvalue weighted by molar-refractivity contribution is 6.14. The molecule has 1 aliphatic heterocycles. The van der Waals surface area contributed by atoms with E-state index in [1.807, 2.05) is 20.8 Å². The zero-order valence-electron chi connectivity index (χ0n) is 19.5. The molecule has 0 saturated carbocycles. The summed E-state index contributed by atoms with van der Waals surface area (Å²) in [7, 11) is 0. The molecular weight excluding hydrogens is 432 g/mol. The fourth-order valence-corrected chi connectivity index (χ4v) is 2.88. The number of rotatable bonds is 15. The van der Waals surface area contributed by atoms with E-state index >= 15 is 0 Å². The van der Waals surface area contributed by atoms with Crippen molar-refractivity contribution in [3.05, 3.63) is 18.0 Å². The summed E-state index contributed by atoms with van der Waals surface area (Å²) in [4.78, 5) is 48.1. The van der Waals surface area contributed by atoms with Crippen molar-refractivity contribution in [3.8, 4) is 6.01 Å². The average Bonchev–Trinajstić information content (AvgIpc) is 3.04. The van der Waals surface area contributed by atoms with Gasteiger partial charge in [-0.3, -0.25) is 19.3 Å². The Morgan fingerprint density at radius 3 is 2.48 bits per heavy atom. The molecule has 0 spiro atoms. The molecule has 2 rings (SSSR count). The van der Waals surface area contributed by atoms with E-state index in [2.05, 4.69) is 25.6 Å². The van der Waals surface area contributed by atoms with Crippen LogP contribution in [0.2, 0.25) is 0 Å². The molecule has 3 amide bonds. The SMILES string of the molecule is CCOC(C)(C)CCNc1nc(C)nc(OCCOCCNC(=O)CN2C(=O)C=CC2=O)n1. The van der Waals surface area contributed by atoms with Crippen LogP contribution in [0.5, 0.6) is 6.01 Å². The Kier molecular flexibility index (Phi) is 10.1. The van der Waals surface area contributed by atoms with Crippen LogP contribution in [0.15, 0.2) is 12.2 Å². The Morgan fingerprint density at radius 2 is 1.79 bits per heavy atom. The largest absolute Gasteiger partial charge is 0.461 e. The number of hydrogen-bond donors (Lipinski definition) is 2. The first-order chi connectivity index (χ1) is 15.7. The summed E-state index contributed by atoms with van der Waals surface area (Å²) in [6.45, 7) is 9.72. The highest BCUT2D eigenvalue weighted by Gasteiger charge is 2.25. The van der Waals surface area contributed by atoms with Crippen molar-refractivity contribution in [3.63, 3.8) is 0 Å². The monoisotopic (exact) mass is 464 g/mol. The zero-order valence-corrected chi connectivity index (χ0v) is 19.5. The summed E-state index contributed by atoms with van der Waals surface area (Å²) in [5.74, 6) is -0.473. The quantitative estimate of drug-likeness (QED) is 0.273. The van der Waals surface area contributed by atoms with E-state index in [1.165, 1.54) is 0 Å². The predicted octanol–water partition coefficient (Wildman–Crippen LogP) is 0.234. The van der Waals surface area contributed by atoms with Gasteiger partial charge in [-0.05, 0) is 34.1 Å². The van der Waals surface area contributed by atoms with Crippen LogP contribution in [0.25, 0.3) is 0 Å². The third kappa shape index (κ3) is 9.49. The molecule has 0 bridgehead atoms. The summed E-state index contributed by atoms with van der Waals surface area (Å²) < 4.78 is 16.6. The van der Waals surface area contributed by atoms with Gasteiger partial charge < -0.3 is 24.8 Å². The number of carbonyl (C=O) groups is 3. The zero-order chi connectivity index (χ0) is 24.3. The Bertz CT molecular complexity index is 842. The minimum absolute atomic E-state index is 0.194. The first-order valence-corrected chi connectivity index (χ1v) is 10.8. The van der Waals surface area contributed by atoms with Crippen LogP contribution in [0.1, 0.15) is 33.0 Å². The lowest BCUT2D eigenvalue weighted by molar-refractivity contribution is -0.141. The second kappa shape index (κ2) is 12.8. The summed E-state index contributed by atoms with van der Waals surface area (Å²) in [5.41, 5.74) is -0.236. The topological polar surface area (TPSA) is 145 Å². The van der Waals surface area contributed by atoms with E-state index in [9.17, 15) is 14.4 Å². The van der Waals surface area contributed by atoms with E-state index < -0.39 is 17.7 Å². The number of aryl methyl sites for hydroxylation is 1. The average molecular weight is 465 g/mol. The van der Waals surface area contributed by atoms with Gasteiger partial charge in [-0.2, -0.15) is 15.0 Å². The van der Waals surface area contributed by atoms with E-state index in [4.69, 9.17) is 14.2 Å². The molecule has 0 saturated heterocycles. The highest BCUT2D eigenvalue weighted by Crippen LogP contribution is 2.14. The van der Waals surface area contributed by atoms with Crippen LogP contribution >= 0.6 is 0 Å². The van der Waals surface area contributed by atoms with Crippen molar-refractivity contribution >= 4 is 23.7 Å². The van der Waals surface area contributed by atoms with Gasteiger partial charge in [0.05, 0.1) is 18.8 Å². The molecule has 0 aliphatic carbocycles. The Labute approximate surface area is 193 Å². The molecule has 2 heterocycles. The number of imide groups is 1. The number of amides is 3. The normalized spacial score (nSPS) is 13.5. The first-order valence-electron chi connectivity index (χ1n) is 10.8. The fourth-order valence-electron chi connectivity index (χ4n) is 2.88. The van der Waals surface area contributed by atoms with Gasteiger partial charge >= 0.3 is 6.01 Å². The van der Waals surface area contributed by atoms with Gasteiger partial charge in [-0.25, -0.2) is 0 Å². The van der Waals surface area contributed by atoms with E-state index in [0.717, 1.165) is 23.5 Å². The molecule has 0 aromatic carbocycles. The third-order valence-electron chi connectivity index (χ3n) is 4.50. The minimum Gasteiger partial charge on any atom is -0.461 e. The maximum absolute atomic E-state index is 11.8. The summed E-state index contributed by atoms with van der Waals surface area (Å²) in [6, 6.07) is 0.194. The molecule has 33 heavy (non-hydrogen) atoms. The van der Waals surface area contributed by atoms with E-state index in [-0.39, 0.29) is 44.5 Å². The van der Waals surface area contributed by atoms with Crippen molar-refractivity contribution in [2.75, 3.05) is 51.4 Å². The van der Waals surface area contributed by atoms with Gasteiger partial charge in [0.25, 0.3) is 11.8 Å². The molecule has 0 fully saturated rings. The molecule has 182 valence electrons. The second-order valence-electron chi connectivity index (χ2n) is 7.77. The summed E-state index contributed by atoms with van der Waals surface area (Å²) in [6.07, 6.45) is 3.05. The molecule has 12 nitrogen and oxygen atoms in total. The van der Waals surface area contributed by atoms with Crippen LogP contribution in [-0.4, -0.2) is 89.2 Å². The van der Waals surface area contributed by atoms with Crippen molar-refractivity contribution in [1.29, 1.82) is 0 Å². The minimum atomic E-state index is -0.496. The molecule has 2 N–H and O–H groups in total. The Morgan fingerprint density at radius 1 is 1.06 bits per heavy atom. The standard InChI is InChI=1S/C21H32N6O6/c1-5-33-21(3,4)8-9-23-19-24-15(2)25-20(26-19)32-13-12-31-11-10-22-16(28)14-27-17(29)6-7-18(27)30/h6-7H,5,8-14H2,1-4H3,(H,22,28)(H,23,24,25,26). The molecule has 1 aromatic heterocycles. The van der Waals surface area contributed by atoms with Gasteiger partial charge in [0, 0.05) is 31.8 Å². The molecule has 0 atom stereocenters. The van der Waals surface area contributed by atoms with Crippen molar-refractivity contribution in [2.24, 2.45) is 0 Å². The summed E-state index contributed by atoms with van der Waals surface area (Å²) >= 11 is 0. The fraction of sp³-hybridized carbons (Fsp3) is 0.619. The maximum Gasteiger partial charge on any atom is 0.321 e. The Hall–Kier alpha value is -3.12. The molecule has 0 radical (unpaired) electrons. The third-order valence-corrected chi connectivity index (χ3v) is 4.50. The number of anilines is 1. The number of nitrogens with one attached hydrogen (secondary N) is 2. The van der Waals surface area contributed by atoms with Crippen LogP contribution in [0.4, 0.5) is 5.95 Å². The van der Waals surface area contributed by atoms with E-state index in [0.29, 0.717) is 24.9 Å². The van der Waals surface area contributed by atoms with Gasteiger partial charge in [-0.15, -0.1) is 0 Å². The Balaban J connectivity index is 1.60. The molecule has 1 aromatic rings. The van der Waals surface area contributed by atoms with Crippen molar-refractivity contribution in [1.82, 2.24) is 25.2 Å². The van der Waals surface area contributed by atoms with Crippen molar-refractivity contribution in [2.45, 2.75) is 39.7 Å². The lowest BCUT2D eigenvalue weighted by Crippen LogP contribution is -2.41. The molecule has 1 aliphatic rings. The number of nitrogens with zero attached hydrogens (tertiary/aromatic N) is 4. The van der Waals surface area contributed by atoms with Crippen LogP contribution in [0.3, 0.4) is 0 Å². The molecule has 12 heteroatoms. The van der Waals surface area contributed by atoms with E-state index in [1.54, 1.807) is 6.92 Å². The maximum atomic E-state index is 11.8. The van der Waals surface area contributed by atoms with Crippen LogP contribution < -0.4 is 15.4 Å². The lowest BCUT2D eigenvalue weighted by atomic mass is 10.1. The van der Waals surface area contributed by atoms with Crippen molar-refractivity contribution < 1.29 is 28.6 Å². The first kappa shape index (κ1) is 26.1. The number of aromatic nitrogens is 3. The second-order valence-corrected chi connectivity index (χ2v) is 7.77.